The Morgan fingerprint density at radius 3 is 2.50 bits per heavy atom. The van der Waals surface area contributed by atoms with Crippen molar-refractivity contribution in [3.63, 3.8) is 0 Å². The van der Waals surface area contributed by atoms with Gasteiger partial charge in [-0.3, -0.25) is 4.90 Å². The fourth-order valence-electron chi connectivity index (χ4n) is 4.13. The van der Waals surface area contributed by atoms with Gasteiger partial charge < -0.3 is 9.64 Å². The van der Waals surface area contributed by atoms with E-state index in [1.807, 2.05) is 18.2 Å². The first-order chi connectivity index (χ1) is 15.8. The van der Waals surface area contributed by atoms with Crippen LogP contribution in [0.2, 0.25) is 0 Å². The van der Waals surface area contributed by atoms with E-state index in [2.05, 4.69) is 68.7 Å². The molecule has 1 aliphatic heterocycles. The summed E-state index contributed by atoms with van der Waals surface area (Å²) in [5.41, 5.74) is 3.60. The highest BCUT2D eigenvalue weighted by Crippen LogP contribution is 2.38. The number of hydrogen-bond donors (Lipinski definition) is 0. The third kappa shape index (κ3) is 4.38. The van der Waals surface area contributed by atoms with E-state index in [0.29, 0.717) is 0 Å². The maximum atomic E-state index is 5.32. The van der Waals surface area contributed by atoms with E-state index in [-0.39, 0.29) is 0 Å². The lowest BCUT2D eigenvalue weighted by Crippen LogP contribution is -2.46. The summed E-state index contributed by atoms with van der Waals surface area (Å²) < 4.78 is 5.32. The SMILES string of the molecule is COc1ccc(-c2csc3ncnc(N4CCN(C/C=C/c5ccccc5)CC4)c23)cc1. The van der Waals surface area contributed by atoms with Gasteiger partial charge in [0.1, 0.15) is 22.7 Å². The average molecular weight is 443 g/mol. The molecule has 4 aromatic rings. The Morgan fingerprint density at radius 1 is 0.969 bits per heavy atom. The first-order valence-electron chi connectivity index (χ1n) is 10.9. The minimum atomic E-state index is 0.863. The third-order valence-corrected chi connectivity index (χ3v) is 6.78. The van der Waals surface area contributed by atoms with Gasteiger partial charge >= 0.3 is 0 Å². The Kier molecular flexibility index (Phi) is 6.14. The molecule has 0 amide bonds. The molecule has 0 atom stereocenters. The van der Waals surface area contributed by atoms with Crippen LogP contribution in [-0.2, 0) is 0 Å². The van der Waals surface area contributed by atoms with E-state index < -0.39 is 0 Å². The molecule has 32 heavy (non-hydrogen) atoms. The molecular formula is C26H26N4OS. The molecule has 0 saturated carbocycles. The molecule has 2 aromatic heterocycles. The van der Waals surface area contributed by atoms with Gasteiger partial charge in [0.2, 0.25) is 0 Å². The van der Waals surface area contributed by atoms with E-state index in [0.717, 1.165) is 60.1 Å². The maximum absolute atomic E-state index is 5.32. The quantitative estimate of drug-likeness (QED) is 0.410. The molecule has 6 heteroatoms. The van der Waals surface area contributed by atoms with Gasteiger partial charge in [0.15, 0.2) is 0 Å². The summed E-state index contributed by atoms with van der Waals surface area (Å²) >= 11 is 1.68. The highest BCUT2D eigenvalue weighted by molar-refractivity contribution is 7.17. The van der Waals surface area contributed by atoms with Crippen LogP contribution in [0.25, 0.3) is 27.4 Å². The lowest BCUT2D eigenvalue weighted by molar-refractivity contribution is 0.284. The molecule has 3 heterocycles. The second-order valence-electron chi connectivity index (χ2n) is 7.86. The van der Waals surface area contributed by atoms with Gasteiger partial charge in [-0.05, 0) is 23.3 Å². The van der Waals surface area contributed by atoms with Crippen LogP contribution in [0.1, 0.15) is 5.56 Å². The lowest BCUT2D eigenvalue weighted by atomic mass is 10.1. The minimum Gasteiger partial charge on any atom is -0.497 e. The summed E-state index contributed by atoms with van der Waals surface area (Å²) in [6.07, 6.45) is 6.16. The van der Waals surface area contributed by atoms with E-state index in [9.17, 15) is 0 Å². The predicted molar refractivity (Wildman–Crippen MR) is 134 cm³/mol. The predicted octanol–water partition coefficient (Wildman–Crippen LogP) is 5.20. The number of hydrogen-bond acceptors (Lipinski definition) is 6. The van der Waals surface area contributed by atoms with Gasteiger partial charge in [-0.1, -0.05) is 54.6 Å². The van der Waals surface area contributed by atoms with E-state index in [1.165, 1.54) is 11.1 Å². The molecule has 162 valence electrons. The number of benzene rings is 2. The molecule has 2 aromatic carbocycles. The fraction of sp³-hybridized carbons (Fsp3) is 0.231. The molecule has 0 N–H and O–H groups in total. The monoisotopic (exact) mass is 442 g/mol. The Hall–Kier alpha value is -3.22. The standard InChI is InChI=1S/C26H26N4OS/c1-31-22-11-9-21(10-12-22)23-18-32-26-24(23)25(27-19-28-26)30-16-14-29(15-17-30)13-5-8-20-6-3-2-4-7-20/h2-12,18-19H,13-17H2,1H3/b8-5+. The number of nitrogens with zero attached hydrogens (tertiary/aromatic N) is 4. The van der Waals surface area contributed by atoms with Crippen molar-refractivity contribution in [3.05, 3.63) is 77.9 Å². The van der Waals surface area contributed by atoms with Crippen LogP contribution in [0.5, 0.6) is 5.75 Å². The smallest absolute Gasteiger partial charge is 0.141 e. The van der Waals surface area contributed by atoms with Crippen molar-refractivity contribution in [1.29, 1.82) is 0 Å². The van der Waals surface area contributed by atoms with Crippen molar-refractivity contribution < 1.29 is 4.74 Å². The Bertz CT molecular complexity index is 1200. The molecule has 0 aliphatic carbocycles. The van der Waals surface area contributed by atoms with Crippen molar-refractivity contribution in [3.8, 4) is 16.9 Å². The molecule has 1 saturated heterocycles. The Morgan fingerprint density at radius 2 is 1.75 bits per heavy atom. The number of anilines is 1. The molecular weight excluding hydrogens is 416 g/mol. The number of fused-ring (bicyclic) bond motifs is 1. The number of aromatic nitrogens is 2. The minimum absolute atomic E-state index is 0.863. The topological polar surface area (TPSA) is 41.5 Å². The van der Waals surface area contributed by atoms with Gasteiger partial charge in [-0.25, -0.2) is 9.97 Å². The summed E-state index contributed by atoms with van der Waals surface area (Å²) in [6.45, 7) is 4.93. The van der Waals surface area contributed by atoms with Gasteiger partial charge in [-0.2, -0.15) is 0 Å². The van der Waals surface area contributed by atoms with Gasteiger partial charge in [0, 0.05) is 43.7 Å². The van der Waals surface area contributed by atoms with Crippen molar-refractivity contribution in [2.75, 3.05) is 44.7 Å². The zero-order valence-corrected chi connectivity index (χ0v) is 19.0. The molecule has 1 aliphatic rings. The number of thiophene rings is 1. The molecule has 0 radical (unpaired) electrons. The molecule has 0 spiro atoms. The van der Waals surface area contributed by atoms with Gasteiger partial charge in [-0.15, -0.1) is 11.3 Å². The Labute approximate surface area is 192 Å². The molecule has 5 nitrogen and oxygen atoms in total. The normalized spacial score (nSPS) is 15.0. The van der Waals surface area contributed by atoms with Crippen molar-refractivity contribution in [2.45, 2.75) is 0 Å². The molecule has 5 rings (SSSR count). The van der Waals surface area contributed by atoms with Crippen molar-refractivity contribution in [1.82, 2.24) is 14.9 Å². The van der Waals surface area contributed by atoms with E-state index in [1.54, 1.807) is 24.8 Å². The van der Waals surface area contributed by atoms with E-state index >= 15 is 0 Å². The second kappa shape index (κ2) is 9.51. The largest absolute Gasteiger partial charge is 0.497 e. The second-order valence-corrected chi connectivity index (χ2v) is 8.71. The fourth-order valence-corrected chi connectivity index (χ4v) is 5.04. The van der Waals surface area contributed by atoms with Crippen LogP contribution in [0.3, 0.4) is 0 Å². The average Bonchev–Trinajstić information content (AvgIpc) is 3.30. The summed E-state index contributed by atoms with van der Waals surface area (Å²) in [5, 5.41) is 3.34. The van der Waals surface area contributed by atoms with Crippen LogP contribution in [0.4, 0.5) is 5.82 Å². The highest BCUT2D eigenvalue weighted by Gasteiger charge is 2.22. The van der Waals surface area contributed by atoms with Crippen LogP contribution in [0, 0.1) is 0 Å². The van der Waals surface area contributed by atoms with Crippen LogP contribution in [-0.4, -0.2) is 54.7 Å². The van der Waals surface area contributed by atoms with Crippen LogP contribution in [0.15, 0.2) is 72.4 Å². The number of piperazine rings is 1. The first kappa shape index (κ1) is 20.7. The Balaban J connectivity index is 1.31. The highest BCUT2D eigenvalue weighted by atomic mass is 32.1. The number of methoxy groups -OCH3 is 1. The van der Waals surface area contributed by atoms with Gasteiger partial charge in [0.25, 0.3) is 0 Å². The third-order valence-electron chi connectivity index (χ3n) is 5.90. The zero-order chi connectivity index (χ0) is 21.8. The van der Waals surface area contributed by atoms with Crippen molar-refractivity contribution >= 4 is 33.4 Å². The summed E-state index contributed by atoms with van der Waals surface area (Å²) in [7, 11) is 1.69. The summed E-state index contributed by atoms with van der Waals surface area (Å²) in [6, 6.07) is 18.7. The summed E-state index contributed by atoms with van der Waals surface area (Å²) in [4.78, 5) is 15.2. The molecule has 0 bridgehead atoms. The maximum Gasteiger partial charge on any atom is 0.141 e. The van der Waals surface area contributed by atoms with Crippen LogP contribution >= 0.6 is 11.3 Å². The number of rotatable bonds is 6. The van der Waals surface area contributed by atoms with E-state index in [4.69, 9.17) is 9.72 Å². The number of ether oxygens (including phenoxy) is 1. The lowest BCUT2D eigenvalue weighted by Gasteiger charge is -2.35. The van der Waals surface area contributed by atoms with Gasteiger partial charge in [0.05, 0.1) is 12.5 Å². The van der Waals surface area contributed by atoms with Crippen LogP contribution < -0.4 is 9.64 Å². The van der Waals surface area contributed by atoms with Crippen molar-refractivity contribution in [2.24, 2.45) is 0 Å². The molecule has 1 fully saturated rings. The molecule has 0 unspecified atom stereocenters. The first-order valence-corrected chi connectivity index (χ1v) is 11.8. The zero-order valence-electron chi connectivity index (χ0n) is 18.1. The summed E-state index contributed by atoms with van der Waals surface area (Å²) in [5.74, 6) is 1.91.